The van der Waals surface area contributed by atoms with Crippen LogP contribution in [0, 0.1) is 0 Å². The van der Waals surface area contributed by atoms with Crippen LogP contribution in [0.15, 0.2) is 73.3 Å². The standard InChI is InChI=1S/C24H25N3O7/c28-13-19-21(29)22(30)24(32,23(31)33-19)34-18-5-3-4-17-20(18)27(14-25-17)12-15-6-8-16(9-7-15)26-10-1-2-11-26/h1-11,14,19,21-23,28-32H,12-13H2/t19-,21-,22+,23?,24+/m1/s1. The molecule has 0 saturated carbocycles. The molecular formula is C24H25N3O7. The monoisotopic (exact) mass is 467 g/mol. The van der Waals surface area contributed by atoms with Crippen LogP contribution in [-0.4, -0.2) is 76.6 Å². The first-order valence-electron chi connectivity index (χ1n) is 10.8. The van der Waals surface area contributed by atoms with Crippen molar-refractivity contribution in [1.29, 1.82) is 0 Å². The lowest BCUT2D eigenvalue weighted by Crippen LogP contribution is -2.69. The van der Waals surface area contributed by atoms with Crippen LogP contribution in [-0.2, 0) is 11.3 Å². The van der Waals surface area contributed by atoms with Gasteiger partial charge in [0.1, 0.15) is 23.5 Å². The number of para-hydroxylation sites is 1. The minimum atomic E-state index is -2.67. The molecule has 5 atom stereocenters. The predicted molar refractivity (Wildman–Crippen MR) is 120 cm³/mol. The summed E-state index contributed by atoms with van der Waals surface area (Å²) in [7, 11) is 0. The zero-order valence-electron chi connectivity index (χ0n) is 18.0. The Kier molecular flexibility index (Phi) is 5.86. The van der Waals surface area contributed by atoms with Crippen molar-refractivity contribution in [1.82, 2.24) is 14.1 Å². The molecule has 4 aromatic rings. The lowest BCUT2D eigenvalue weighted by Gasteiger charge is -2.45. The van der Waals surface area contributed by atoms with Gasteiger partial charge in [0, 0.05) is 24.6 Å². The van der Waals surface area contributed by atoms with E-state index >= 15 is 0 Å². The van der Waals surface area contributed by atoms with Crippen LogP contribution < -0.4 is 4.74 Å². The quantitative estimate of drug-likeness (QED) is 0.256. The molecule has 5 N–H and O–H groups in total. The van der Waals surface area contributed by atoms with Crippen molar-refractivity contribution in [2.45, 2.75) is 36.9 Å². The van der Waals surface area contributed by atoms with Crippen LogP contribution in [0.2, 0.25) is 0 Å². The summed E-state index contributed by atoms with van der Waals surface area (Å²) < 4.78 is 14.6. The third-order valence-electron chi connectivity index (χ3n) is 6.03. The molecule has 1 fully saturated rings. The second-order valence-corrected chi connectivity index (χ2v) is 8.25. The summed E-state index contributed by atoms with van der Waals surface area (Å²) in [6.45, 7) is -0.213. The average molecular weight is 467 g/mol. The van der Waals surface area contributed by atoms with Gasteiger partial charge >= 0.3 is 0 Å². The molecule has 0 bridgehead atoms. The Morgan fingerprint density at radius 3 is 2.44 bits per heavy atom. The zero-order chi connectivity index (χ0) is 23.9. The smallest absolute Gasteiger partial charge is 0.288 e. The van der Waals surface area contributed by atoms with E-state index in [0.717, 1.165) is 11.3 Å². The van der Waals surface area contributed by atoms with Gasteiger partial charge in [0.05, 0.1) is 18.5 Å². The maximum absolute atomic E-state index is 10.9. The number of rotatable bonds is 6. The van der Waals surface area contributed by atoms with Gasteiger partial charge in [-0.3, -0.25) is 0 Å². The van der Waals surface area contributed by atoms with Crippen molar-refractivity contribution in [3.63, 3.8) is 0 Å². The van der Waals surface area contributed by atoms with Gasteiger partial charge in [-0.25, -0.2) is 4.98 Å². The van der Waals surface area contributed by atoms with Crippen molar-refractivity contribution in [2.24, 2.45) is 0 Å². The summed E-state index contributed by atoms with van der Waals surface area (Å²) in [6.07, 6.45) is -1.36. The lowest BCUT2D eigenvalue weighted by atomic mass is 9.96. The number of fused-ring (bicyclic) bond motifs is 1. The van der Waals surface area contributed by atoms with E-state index in [1.54, 1.807) is 24.5 Å². The van der Waals surface area contributed by atoms with Crippen molar-refractivity contribution in [2.75, 3.05) is 6.61 Å². The van der Waals surface area contributed by atoms with E-state index in [1.807, 2.05) is 57.9 Å². The highest BCUT2D eigenvalue weighted by atomic mass is 16.7. The van der Waals surface area contributed by atoms with E-state index in [4.69, 9.17) is 9.47 Å². The molecule has 0 amide bonds. The van der Waals surface area contributed by atoms with Gasteiger partial charge in [0.15, 0.2) is 6.10 Å². The first kappa shape index (κ1) is 22.5. The Morgan fingerprint density at radius 2 is 1.74 bits per heavy atom. The molecular weight excluding hydrogens is 442 g/mol. The Bertz CT molecular complexity index is 1260. The largest absolute Gasteiger partial charge is 0.452 e. The number of hydrogen-bond donors (Lipinski definition) is 5. The fourth-order valence-electron chi connectivity index (χ4n) is 4.15. The molecule has 0 spiro atoms. The molecule has 34 heavy (non-hydrogen) atoms. The first-order chi connectivity index (χ1) is 16.4. The SMILES string of the molecule is OC[C@H]1OC(O)[C@@](O)(Oc2cccc3ncn(Cc4ccc(-n5cccc5)cc4)c23)[C@@H](O)[C@@H]1O. The van der Waals surface area contributed by atoms with Crippen molar-refractivity contribution < 1.29 is 35.0 Å². The fraction of sp³-hybridized carbons (Fsp3) is 0.292. The van der Waals surface area contributed by atoms with Crippen molar-refractivity contribution in [3.05, 3.63) is 78.9 Å². The molecule has 5 rings (SSSR count). The van der Waals surface area contributed by atoms with Crippen LogP contribution in [0.5, 0.6) is 5.75 Å². The van der Waals surface area contributed by atoms with Crippen LogP contribution in [0.3, 0.4) is 0 Å². The van der Waals surface area contributed by atoms with Gasteiger partial charge in [-0.2, -0.15) is 0 Å². The van der Waals surface area contributed by atoms with Crippen molar-refractivity contribution in [3.8, 4) is 11.4 Å². The van der Waals surface area contributed by atoms with Crippen LogP contribution in [0.1, 0.15) is 5.56 Å². The third kappa shape index (κ3) is 3.86. The number of hydrogen-bond acceptors (Lipinski definition) is 8. The number of aliphatic hydroxyl groups excluding tert-OH is 4. The molecule has 178 valence electrons. The zero-order valence-corrected chi connectivity index (χ0v) is 18.0. The second kappa shape index (κ2) is 8.84. The van der Waals surface area contributed by atoms with Crippen LogP contribution in [0.25, 0.3) is 16.7 Å². The number of aliphatic hydroxyl groups is 5. The summed E-state index contributed by atoms with van der Waals surface area (Å²) in [6, 6.07) is 16.9. The number of imidazole rings is 1. The van der Waals surface area contributed by atoms with Gasteiger partial charge in [0.2, 0.25) is 6.29 Å². The van der Waals surface area contributed by atoms with Crippen LogP contribution in [0.4, 0.5) is 0 Å². The van der Waals surface area contributed by atoms with E-state index in [9.17, 15) is 25.5 Å². The third-order valence-corrected chi connectivity index (χ3v) is 6.03. The number of ether oxygens (including phenoxy) is 2. The fourth-order valence-corrected chi connectivity index (χ4v) is 4.15. The second-order valence-electron chi connectivity index (χ2n) is 8.25. The maximum Gasteiger partial charge on any atom is 0.288 e. The maximum atomic E-state index is 10.9. The van der Waals surface area contributed by atoms with E-state index < -0.39 is 37.0 Å². The molecule has 10 heteroatoms. The Morgan fingerprint density at radius 1 is 1.00 bits per heavy atom. The Hall–Kier alpha value is -3.25. The molecule has 10 nitrogen and oxygen atoms in total. The van der Waals surface area contributed by atoms with E-state index in [-0.39, 0.29) is 5.75 Å². The predicted octanol–water partition coefficient (Wildman–Crippen LogP) is 0.374. The summed E-state index contributed by atoms with van der Waals surface area (Å²) in [5, 5.41) is 51.1. The van der Waals surface area contributed by atoms with Crippen LogP contribution >= 0.6 is 0 Å². The first-order valence-corrected chi connectivity index (χ1v) is 10.8. The number of aromatic nitrogens is 3. The van der Waals surface area contributed by atoms with Gasteiger partial charge in [-0.15, -0.1) is 0 Å². The number of nitrogens with zero attached hydrogens (tertiary/aromatic N) is 3. The minimum Gasteiger partial charge on any atom is -0.452 e. The van der Waals surface area contributed by atoms with Gasteiger partial charge in [0.25, 0.3) is 5.79 Å². The van der Waals surface area contributed by atoms with Gasteiger partial charge < -0.3 is 44.1 Å². The lowest BCUT2D eigenvalue weighted by molar-refractivity contribution is -0.385. The van der Waals surface area contributed by atoms with E-state index in [0.29, 0.717) is 17.6 Å². The van der Waals surface area contributed by atoms with Gasteiger partial charge in [-0.1, -0.05) is 18.2 Å². The average Bonchev–Trinajstić information content (AvgIpc) is 3.52. The molecule has 1 aliphatic rings. The molecule has 0 aliphatic carbocycles. The molecule has 1 saturated heterocycles. The minimum absolute atomic E-state index is 0.123. The van der Waals surface area contributed by atoms with Crippen molar-refractivity contribution >= 4 is 11.0 Å². The Balaban J connectivity index is 1.44. The summed E-state index contributed by atoms with van der Waals surface area (Å²) in [4.78, 5) is 4.39. The highest BCUT2D eigenvalue weighted by Crippen LogP contribution is 2.35. The molecule has 3 heterocycles. The molecule has 2 aromatic heterocycles. The topological polar surface area (TPSA) is 142 Å². The number of benzene rings is 2. The molecule has 1 unspecified atom stereocenters. The molecule has 1 aliphatic heterocycles. The Labute approximate surface area is 194 Å². The summed E-state index contributed by atoms with van der Waals surface area (Å²) >= 11 is 0. The van der Waals surface area contributed by atoms with Gasteiger partial charge in [-0.05, 0) is 42.0 Å². The normalized spacial score (nSPS) is 27.2. The molecule has 2 aromatic carbocycles. The molecule has 0 radical (unpaired) electrons. The highest BCUT2D eigenvalue weighted by molar-refractivity contribution is 5.82. The van der Waals surface area contributed by atoms with E-state index in [1.165, 1.54) is 0 Å². The summed E-state index contributed by atoms with van der Waals surface area (Å²) in [5.41, 5.74) is 3.10. The summed E-state index contributed by atoms with van der Waals surface area (Å²) in [5.74, 6) is -2.55. The highest BCUT2D eigenvalue weighted by Gasteiger charge is 2.57. The van der Waals surface area contributed by atoms with E-state index in [2.05, 4.69) is 4.98 Å².